The quantitative estimate of drug-likeness (QED) is 0.889. The maximum absolute atomic E-state index is 13.9. The molecule has 1 aromatic rings. The third kappa shape index (κ3) is 3.42. The van der Waals surface area contributed by atoms with Gasteiger partial charge in [-0.05, 0) is 31.4 Å². The minimum atomic E-state index is -0.870. The lowest BCUT2D eigenvalue weighted by molar-refractivity contribution is -0.143. The molecule has 5 nitrogen and oxygen atoms in total. The smallest absolute Gasteiger partial charge is 0.317 e. The Labute approximate surface area is 138 Å². The highest BCUT2D eigenvalue weighted by atomic mass is 35.5. The van der Waals surface area contributed by atoms with Gasteiger partial charge in [-0.15, -0.1) is 0 Å². The molecule has 1 saturated carbocycles. The first-order valence-electron chi connectivity index (χ1n) is 7.69. The van der Waals surface area contributed by atoms with E-state index in [1.807, 2.05) is 0 Å². The number of benzene rings is 1. The monoisotopic (exact) mass is 340 g/mol. The maximum atomic E-state index is 13.9. The Kier molecular flexibility index (Phi) is 4.43. The summed E-state index contributed by atoms with van der Waals surface area (Å²) in [4.78, 5) is 24.8. The van der Waals surface area contributed by atoms with Crippen molar-refractivity contribution in [2.45, 2.75) is 31.2 Å². The zero-order chi connectivity index (χ0) is 16.6. The van der Waals surface area contributed by atoms with E-state index in [0.717, 1.165) is 0 Å². The molecule has 0 spiro atoms. The van der Waals surface area contributed by atoms with Gasteiger partial charge in [0, 0.05) is 35.6 Å². The van der Waals surface area contributed by atoms with Crippen LogP contribution >= 0.6 is 11.6 Å². The number of carboxylic acids is 1. The summed E-state index contributed by atoms with van der Waals surface area (Å²) >= 11 is 6.04. The lowest BCUT2D eigenvalue weighted by Crippen LogP contribution is -2.47. The molecule has 1 aliphatic carbocycles. The number of carbonyl (C=O) groups is 2. The van der Waals surface area contributed by atoms with Gasteiger partial charge in [0.25, 0.3) is 0 Å². The topological polar surface area (TPSA) is 69.6 Å². The molecule has 1 saturated heterocycles. The van der Waals surface area contributed by atoms with E-state index >= 15 is 0 Å². The number of likely N-dealkylation sites (tertiary alicyclic amines) is 1. The van der Waals surface area contributed by atoms with Gasteiger partial charge in [0.2, 0.25) is 0 Å². The van der Waals surface area contributed by atoms with E-state index in [2.05, 4.69) is 5.32 Å². The van der Waals surface area contributed by atoms with Crippen LogP contribution in [0, 0.1) is 11.7 Å². The summed E-state index contributed by atoms with van der Waals surface area (Å²) in [5, 5.41) is 12.3. The zero-order valence-electron chi connectivity index (χ0n) is 12.5. The molecule has 1 heterocycles. The first-order chi connectivity index (χ1) is 11.0. The third-order valence-electron chi connectivity index (χ3n) is 4.53. The van der Waals surface area contributed by atoms with Crippen LogP contribution in [0.1, 0.15) is 30.7 Å². The number of hydrogen-bond acceptors (Lipinski definition) is 2. The van der Waals surface area contributed by atoms with Crippen molar-refractivity contribution >= 4 is 23.6 Å². The second kappa shape index (κ2) is 6.35. The first-order valence-corrected chi connectivity index (χ1v) is 8.07. The Morgan fingerprint density at radius 1 is 1.39 bits per heavy atom. The molecule has 0 radical (unpaired) electrons. The number of piperidine rings is 1. The maximum Gasteiger partial charge on any atom is 0.317 e. The van der Waals surface area contributed by atoms with Gasteiger partial charge in [0.15, 0.2) is 0 Å². The Morgan fingerprint density at radius 3 is 2.87 bits per heavy atom. The van der Waals surface area contributed by atoms with Crippen molar-refractivity contribution in [2.24, 2.45) is 5.92 Å². The molecule has 0 aromatic heterocycles. The summed E-state index contributed by atoms with van der Waals surface area (Å²) in [5.74, 6) is -1.86. The third-order valence-corrected chi connectivity index (χ3v) is 4.86. The molecule has 2 amide bonds. The van der Waals surface area contributed by atoms with Gasteiger partial charge < -0.3 is 15.3 Å². The first kappa shape index (κ1) is 16.1. The van der Waals surface area contributed by atoms with E-state index in [9.17, 15) is 14.0 Å². The predicted octanol–water partition coefficient (Wildman–Crippen LogP) is 2.84. The fraction of sp³-hybridized carbons (Fsp3) is 0.500. The molecule has 3 atom stereocenters. The van der Waals surface area contributed by atoms with Crippen LogP contribution in [0.3, 0.4) is 0 Å². The lowest BCUT2D eigenvalue weighted by atomic mass is 9.99. The zero-order valence-corrected chi connectivity index (χ0v) is 13.2. The molecular weight excluding hydrogens is 323 g/mol. The van der Waals surface area contributed by atoms with Crippen molar-refractivity contribution in [3.05, 3.63) is 34.6 Å². The summed E-state index contributed by atoms with van der Waals surface area (Å²) in [6.07, 6.45) is 1.91. The van der Waals surface area contributed by atoms with Crippen molar-refractivity contribution in [2.75, 3.05) is 13.1 Å². The highest BCUT2D eigenvalue weighted by Gasteiger charge is 2.43. The van der Waals surface area contributed by atoms with E-state index in [0.29, 0.717) is 36.4 Å². The number of carboxylic acid groups (broad SMARTS) is 1. The average Bonchev–Trinajstić information content (AvgIpc) is 3.26. The molecule has 1 aromatic carbocycles. The summed E-state index contributed by atoms with van der Waals surface area (Å²) in [6.45, 7) is 0.770. The molecule has 1 aliphatic heterocycles. The van der Waals surface area contributed by atoms with Crippen LogP contribution in [0.25, 0.3) is 0 Å². The fourth-order valence-electron chi connectivity index (χ4n) is 3.15. The Balaban J connectivity index is 1.59. The van der Waals surface area contributed by atoms with E-state index in [-0.39, 0.29) is 30.4 Å². The van der Waals surface area contributed by atoms with Crippen LogP contribution < -0.4 is 5.32 Å². The van der Waals surface area contributed by atoms with Crippen molar-refractivity contribution < 1.29 is 19.1 Å². The molecule has 7 heteroatoms. The minimum Gasteiger partial charge on any atom is -0.481 e. The number of hydrogen-bond donors (Lipinski definition) is 2. The number of nitrogens with zero attached hydrogens (tertiary/aromatic N) is 1. The highest BCUT2D eigenvalue weighted by molar-refractivity contribution is 6.31. The van der Waals surface area contributed by atoms with Gasteiger partial charge in [-0.2, -0.15) is 0 Å². The van der Waals surface area contributed by atoms with E-state index in [4.69, 9.17) is 16.7 Å². The SMILES string of the molecule is O=C(O)C1CCCN(C(=O)N[C@@H]2C[C@H]2c2c(F)cccc2Cl)C1. The molecule has 2 N–H and O–H groups in total. The highest BCUT2D eigenvalue weighted by Crippen LogP contribution is 2.45. The van der Waals surface area contributed by atoms with Crippen LogP contribution in [0.4, 0.5) is 9.18 Å². The molecule has 0 bridgehead atoms. The summed E-state index contributed by atoms with van der Waals surface area (Å²) in [6, 6.07) is 4.12. The van der Waals surface area contributed by atoms with E-state index in [1.165, 1.54) is 11.0 Å². The van der Waals surface area contributed by atoms with Crippen LogP contribution in [0.15, 0.2) is 18.2 Å². The summed E-state index contributed by atoms with van der Waals surface area (Å²) in [7, 11) is 0. The summed E-state index contributed by atoms with van der Waals surface area (Å²) < 4.78 is 13.9. The molecule has 3 rings (SSSR count). The van der Waals surface area contributed by atoms with Gasteiger partial charge in [-0.25, -0.2) is 9.18 Å². The Hall–Kier alpha value is -1.82. The van der Waals surface area contributed by atoms with Gasteiger partial charge in [-0.1, -0.05) is 17.7 Å². The number of urea groups is 1. The molecular formula is C16H18ClFN2O3. The van der Waals surface area contributed by atoms with Crippen LogP contribution in [0.5, 0.6) is 0 Å². The second-order valence-electron chi connectivity index (χ2n) is 6.16. The average molecular weight is 341 g/mol. The standard InChI is InChI=1S/C16H18ClFN2O3/c17-11-4-1-5-12(18)14(11)10-7-13(10)19-16(23)20-6-2-3-9(8-20)15(21)22/h1,4-5,9-10,13H,2-3,6-8H2,(H,19,23)(H,21,22)/t9?,10-,13-/m1/s1. The van der Waals surface area contributed by atoms with E-state index < -0.39 is 11.9 Å². The van der Waals surface area contributed by atoms with Crippen molar-refractivity contribution in [3.63, 3.8) is 0 Å². The largest absolute Gasteiger partial charge is 0.481 e. The van der Waals surface area contributed by atoms with Gasteiger partial charge in [0.05, 0.1) is 5.92 Å². The molecule has 23 heavy (non-hydrogen) atoms. The molecule has 2 aliphatic rings. The van der Waals surface area contributed by atoms with Crippen LogP contribution in [0.2, 0.25) is 5.02 Å². The number of rotatable bonds is 3. The number of aliphatic carboxylic acids is 1. The van der Waals surface area contributed by atoms with Crippen LogP contribution in [-0.2, 0) is 4.79 Å². The number of carbonyl (C=O) groups excluding carboxylic acids is 1. The van der Waals surface area contributed by atoms with E-state index in [1.54, 1.807) is 12.1 Å². The second-order valence-corrected chi connectivity index (χ2v) is 6.56. The summed E-state index contributed by atoms with van der Waals surface area (Å²) in [5.41, 5.74) is 0.446. The lowest BCUT2D eigenvalue weighted by Gasteiger charge is -2.30. The van der Waals surface area contributed by atoms with Crippen molar-refractivity contribution in [1.29, 1.82) is 0 Å². The predicted molar refractivity (Wildman–Crippen MR) is 83.0 cm³/mol. The molecule has 2 fully saturated rings. The van der Waals surface area contributed by atoms with Crippen molar-refractivity contribution in [3.8, 4) is 0 Å². The number of amides is 2. The fourth-order valence-corrected chi connectivity index (χ4v) is 3.45. The normalized spacial score (nSPS) is 26.7. The van der Waals surface area contributed by atoms with Gasteiger partial charge in [-0.3, -0.25) is 4.79 Å². The number of halogens is 2. The number of nitrogens with one attached hydrogen (secondary N) is 1. The Morgan fingerprint density at radius 2 is 2.17 bits per heavy atom. The van der Waals surface area contributed by atoms with Gasteiger partial charge in [0.1, 0.15) is 5.82 Å². The van der Waals surface area contributed by atoms with Crippen LogP contribution in [-0.4, -0.2) is 41.1 Å². The Bertz CT molecular complexity index is 620. The van der Waals surface area contributed by atoms with Crippen molar-refractivity contribution in [1.82, 2.24) is 10.2 Å². The molecule has 1 unspecified atom stereocenters. The molecule has 124 valence electrons. The van der Waals surface area contributed by atoms with Gasteiger partial charge >= 0.3 is 12.0 Å². The minimum absolute atomic E-state index is 0.118.